The van der Waals surface area contributed by atoms with Gasteiger partial charge in [0.15, 0.2) is 0 Å². The number of sulfonamides is 1. The van der Waals surface area contributed by atoms with Crippen LogP contribution in [0.4, 0.5) is 0 Å². The Morgan fingerprint density at radius 1 is 0.913 bits per heavy atom. The van der Waals surface area contributed by atoms with E-state index in [1.807, 2.05) is 48.5 Å². The van der Waals surface area contributed by atoms with Crippen LogP contribution in [0.25, 0.3) is 0 Å². The Morgan fingerprint density at radius 2 is 1.35 bits per heavy atom. The van der Waals surface area contributed by atoms with Gasteiger partial charge >= 0.3 is 0 Å². The van der Waals surface area contributed by atoms with Gasteiger partial charge in [-0.05, 0) is 76.3 Å². The fourth-order valence-corrected chi connectivity index (χ4v) is 6.82. The van der Waals surface area contributed by atoms with E-state index in [-0.39, 0.29) is 0 Å². The molecule has 1 aromatic carbocycles. The van der Waals surface area contributed by atoms with Crippen LogP contribution in [0.1, 0.15) is 41.7 Å². The Balaban J connectivity index is 2.60. The SMILES string of the molecule is Cc1c(C)c(C)c(S(=O)(=O)N2CCS(=O)C(C)(C)C2)c(C)c1C. The van der Waals surface area contributed by atoms with Crippen LogP contribution in [0, 0.1) is 34.6 Å². The van der Waals surface area contributed by atoms with E-state index in [4.69, 9.17) is 0 Å². The van der Waals surface area contributed by atoms with Crippen molar-refractivity contribution in [2.75, 3.05) is 18.8 Å². The van der Waals surface area contributed by atoms with Crippen LogP contribution in [-0.2, 0) is 20.8 Å². The van der Waals surface area contributed by atoms with Gasteiger partial charge in [0.05, 0.1) is 9.64 Å². The van der Waals surface area contributed by atoms with Crippen molar-refractivity contribution in [1.82, 2.24) is 4.31 Å². The molecule has 1 atom stereocenters. The van der Waals surface area contributed by atoms with Crippen LogP contribution in [0.15, 0.2) is 4.90 Å². The molecule has 1 fully saturated rings. The lowest BCUT2D eigenvalue weighted by atomic mass is 9.95. The largest absolute Gasteiger partial charge is 0.259 e. The van der Waals surface area contributed by atoms with Crippen LogP contribution in [0.2, 0.25) is 0 Å². The predicted molar refractivity (Wildman–Crippen MR) is 96.0 cm³/mol. The molecule has 1 aromatic rings. The molecule has 0 N–H and O–H groups in total. The van der Waals surface area contributed by atoms with Crippen molar-refractivity contribution in [2.24, 2.45) is 0 Å². The number of hydrogen-bond donors (Lipinski definition) is 0. The number of rotatable bonds is 2. The molecule has 1 saturated heterocycles. The summed E-state index contributed by atoms with van der Waals surface area (Å²) in [5.74, 6) is 0.397. The monoisotopic (exact) mass is 357 g/mol. The fraction of sp³-hybridized carbons (Fsp3) is 0.647. The Morgan fingerprint density at radius 3 is 1.78 bits per heavy atom. The van der Waals surface area contributed by atoms with Gasteiger partial charge in [-0.2, -0.15) is 4.31 Å². The van der Waals surface area contributed by atoms with Gasteiger partial charge in [0.2, 0.25) is 10.0 Å². The molecule has 0 radical (unpaired) electrons. The summed E-state index contributed by atoms with van der Waals surface area (Å²) in [5, 5.41) is 0. The van der Waals surface area contributed by atoms with Gasteiger partial charge in [-0.15, -0.1) is 0 Å². The highest BCUT2D eigenvalue weighted by Crippen LogP contribution is 2.33. The van der Waals surface area contributed by atoms with Gasteiger partial charge in [0.25, 0.3) is 0 Å². The van der Waals surface area contributed by atoms with Crippen molar-refractivity contribution in [3.8, 4) is 0 Å². The van der Waals surface area contributed by atoms with E-state index in [0.29, 0.717) is 23.7 Å². The molecular weight excluding hydrogens is 330 g/mol. The summed E-state index contributed by atoms with van der Waals surface area (Å²) in [7, 11) is -4.57. The average Bonchev–Trinajstić information content (AvgIpc) is 2.45. The smallest absolute Gasteiger partial charge is 0.243 e. The minimum Gasteiger partial charge on any atom is -0.259 e. The van der Waals surface area contributed by atoms with Crippen molar-refractivity contribution in [3.63, 3.8) is 0 Å². The molecule has 0 amide bonds. The van der Waals surface area contributed by atoms with E-state index >= 15 is 0 Å². The first kappa shape index (κ1) is 18.6. The highest BCUT2D eigenvalue weighted by Gasteiger charge is 2.40. The van der Waals surface area contributed by atoms with Crippen molar-refractivity contribution in [2.45, 2.75) is 58.1 Å². The van der Waals surface area contributed by atoms with E-state index in [9.17, 15) is 12.6 Å². The molecule has 1 heterocycles. The van der Waals surface area contributed by atoms with E-state index in [2.05, 4.69) is 0 Å². The van der Waals surface area contributed by atoms with Gasteiger partial charge in [-0.1, -0.05) is 0 Å². The summed E-state index contributed by atoms with van der Waals surface area (Å²) < 4.78 is 39.6. The summed E-state index contributed by atoms with van der Waals surface area (Å²) in [4.78, 5) is 0.432. The Labute approximate surface area is 142 Å². The van der Waals surface area contributed by atoms with Gasteiger partial charge < -0.3 is 0 Å². The zero-order chi connectivity index (χ0) is 17.7. The second-order valence-corrected chi connectivity index (χ2v) is 11.2. The highest BCUT2D eigenvalue weighted by atomic mass is 32.2. The van der Waals surface area contributed by atoms with E-state index in [0.717, 1.165) is 27.8 Å². The minimum absolute atomic E-state index is 0.298. The lowest BCUT2D eigenvalue weighted by Gasteiger charge is -2.37. The molecule has 130 valence electrons. The Hall–Kier alpha value is -0.720. The zero-order valence-electron chi connectivity index (χ0n) is 15.1. The predicted octanol–water partition coefficient (Wildman–Crippen LogP) is 2.76. The molecule has 2 rings (SSSR count). The molecular formula is C17H27NO3S2. The van der Waals surface area contributed by atoms with Crippen LogP contribution in [-0.4, -0.2) is 40.5 Å². The van der Waals surface area contributed by atoms with Gasteiger partial charge in [-0.3, -0.25) is 4.21 Å². The molecule has 1 aliphatic rings. The summed E-state index contributed by atoms with van der Waals surface area (Å²) in [6, 6.07) is 0. The van der Waals surface area contributed by atoms with Crippen LogP contribution < -0.4 is 0 Å². The molecule has 1 aliphatic heterocycles. The maximum Gasteiger partial charge on any atom is 0.243 e. The molecule has 0 aliphatic carbocycles. The van der Waals surface area contributed by atoms with Crippen LogP contribution in [0.5, 0.6) is 0 Å². The topological polar surface area (TPSA) is 54.5 Å². The molecule has 0 aromatic heterocycles. The van der Waals surface area contributed by atoms with Gasteiger partial charge in [0, 0.05) is 29.6 Å². The Kier molecular flexibility index (Phi) is 4.83. The molecule has 23 heavy (non-hydrogen) atoms. The zero-order valence-corrected chi connectivity index (χ0v) is 16.7. The van der Waals surface area contributed by atoms with Crippen molar-refractivity contribution in [3.05, 3.63) is 27.8 Å². The third kappa shape index (κ3) is 3.01. The molecule has 0 spiro atoms. The second-order valence-electron chi connectivity index (χ2n) is 7.10. The van der Waals surface area contributed by atoms with Gasteiger partial charge in [-0.25, -0.2) is 8.42 Å². The first-order valence-electron chi connectivity index (χ1n) is 7.87. The fourth-order valence-electron chi connectivity index (χ4n) is 3.22. The molecule has 0 bridgehead atoms. The third-order valence-corrected chi connectivity index (χ3v) is 9.26. The van der Waals surface area contributed by atoms with Crippen LogP contribution >= 0.6 is 0 Å². The maximum atomic E-state index is 13.3. The summed E-state index contributed by atoms with van der Waals surface area (Å²) in [6.07, 6.45) is 0. The number of nitrogens with zero attached hydrogens (tertiary/aromatic N) is 1. The van der Waals surface area contributed by atoms with E-state index in [1.54, 1.807) is 0 Å². The Bertz CT molecular complexity index is 751. The standard InChI is InChI=1S/C17H27NO3S2/c1-11-12(2)14(4)16(15(5)13(11)3)23(20,21)18-8-9-22(19)17(6,7)10-18/h8-10H2,1-7H3. The lowest BCUT2D eigenvalue weighted by Crippen LogP contribution is -2.52. The first-order chi connectivity index (χ1) is 10.4. The highest BCUT2D eigenvalue weighted by molar-refractivity contribution is 7.90. The molecule has 1 unspecified atom stereocenters. The summed E-state index contributed by atoms with van der Waals surface area (Å²) in [5.41, 5.74) is 4.88. The lowest BCUT2D eigenvalue weighted by molar-refractivity contribution is 0.378. The van der Waals surface area contributed by atoms with E-state index < -0.39 is 25.6 Å². The normalized spacial score (nSPS) is 22.3. The van der Waals surface area contributed by atoms with Crippen molar-refractivity contribution < 1.29 is 12.6 Å². The average molecular weight is 358 g/mol. The minimum atomic E-state index is -3.58. The maximum absolute atomic E-state index is 13.3. The van der Waals surface area contributed by atoms with Gasteiger partial charge in [0.1, 0.15) is 0 Å². The first-order valence-corrected chi connectivity index (χ1v) is 10.6. The summed E-state index contributed by atoms with van der Waals surface area (Å²) in [6.45, 7) is 14.1. The van der Waals surface area contributed by atoms with Crippen molar-refractivity contribution in [1.29, 1.82) is 0 Å². The molecule has 4 nitrogen and oxygen atoms in total. The number of hydrogen-bond acceptors (Lipinski definition) is 3. The third-order valence-electron chi connectivity index (χ3n) is 5.23. The summed E-state index contributed by atoms with van der Waals surface area (Å²) >= 11 is 0. The van der Waals surface area contributed by atoms with Crippen LogP contribution in [0.3, 0.4) is 0 Å². The molecule has 0 saturated carbocycles. The quantitative estimate of drug-likeness (QED) is 0.818. The molecule has 6 heteroatoms. The van der Waals surface area contributed by atoms with E-state index in [1.165, 1.54) is 4.31 Å². The second kappa shape index (κ2) is 5.97. The number of benzene rings is 1. The van der Waals surface area contributed by atoms with Crippen molar-refractivity contribution >= 4 is 20.8 Å².